The fourth-order valence-electron chi connectivity index (χ4n) is 2.21. The molecule has 1 aliphatic rings. The lowest BCUT2D eigenvalue weighted by molar-refractivity contribution is -0.121. The van der Waals surface area contributed by atoms with E-state index in [4.69, 9.17) is 0 Å². The molecule has 0 aromatic rings. The van der Waals surface area contributed by atoms with E-state index in [-0.39, 0.29) is 5.91 Å². The Bertz CT molecular complexity index is 188. The lowest BCUT2D eigenvalue weighted by Gasteiger charge is -2.11. The molecule has 16 heavy (non-hydrogen) atoms. The van der Waals surface area contributed by atoms with E-state index in [1.54, 1.807) is 0 Å². The third-order valence-corrected chi connectivity index (χ3v) is 3.24. The van der Waals surface area contributed by atoms with Crippen molar-refractivity contribution in [3.05, 3.63) is 0 Å². The molecule has 0 heterocycles. The second-order valence-corrected chi connectivity index (χ2v) is 4.74. The van der Waals surface area contributed by atoms with Gasteiger partial charge in [-0.25, -0.2) is 0 Å². The molecule has 0 spiro atoms. The Morgan fingerprint density at radius 3 is 2.62 bits per heavy atom. The zero-order valence-corrected chi connectivity index (χ0v) is 10.6. The largest absolute Gasteiger partial charge is 0.356 e. The Morgan fingerprint density at radius 1 is 1.19 bits per heavy atom. The number of hydrogen-bond donors (Lipinski definition) is 2. The van der Waals surface area contributed by atoms with Gasteiger partial charge < -0.3 is 10.6 Å². The number of unbranched alkanes of at least 4 members (excludes halogenated alkanes) is 2. The highest BCUT2D eigenvalue weighted by atomic mass is 16.1. The van der Waals surface area contributed by atoms with Crippen LogP contribution < -0.4 is 10.6 Å². The molecule has 1 amide bonds. The van der Waals surface area contributed by atoms with E-state index in [1.165, 1.54) is 38.5 Å². The molecule has 0 unspecified atom stereocenters. The number of nitrogens with one attached hydrogen (secondary N) is 2. The second kappa shape index (κ2) is 8.57. The molecule has 3 nitrogen and oxygen atoms in total. The van der Waals surface area contributed by atoms with Crippen molar-refractivity contribution in [2.75, 3.05) is 13.1 Å². The highest BCUT2D eigenvalue weighted by molar-refractivity contribution is 5.75. The molecule has 0 saturated heterocycles. The van der Waals surface area contributed by atoms with Crippen LogP contribution in [0.15, 0.2) is 0 Å². The monoisotopic (exact) mass is 226 g/mol. The number of carbonyl (C=O) groups is 1. The molecule has 1 aliphatic carbocycles. The van der Waals surface area contributed by atoms with Crippen molar-refractivity contribution in [1.82, 2.24) is 10.6 Å². The van der Waals surface area contributed by atoms with Gasteiger partial charge in [-0.2, -0.15) is 0 Å². The summed E-state index contributed by atoms with van der Waals surface area (Å²) in [5.41, 5.74) is 0. The van der Waals surface area contributed by atoms with Crippen LogP contribution in [-0.4, -0.2) is 25.0 Å². The van der Waals surface area contributed by atoms with Crippen LogP contribution in [0.3, 0.4) is 0 Å². The summed E-state index contributed by atoms with van der Waals surface area (Å²) in [4.78, 5) is 11.4. The summed E-state index contributed by atoms with van der Waals surface area (Å²) in [6.07, 6.45) is 9.43. The van der Waals surface area contributed by atoms with E-state index >= 15 is 0 Å². The molecule has 94 valence electrons. The Labute approximate surface area is 99.4 Å². The van der Waals surface area contributed by atoms with Gasteiger partial charge in [-0.1, -0.05) is 32.6 Å². The lowest BCUT2D eigenvalue weighted by Crippen LogP contribution is -2.32. The van der Waals surface area contributed by atoms with Crippen molar-refractivity contribution in [2.45, 2.75) is 64.3 Å². The third kappa shape index (κ3) is 6.11. The third-order valence-electron chi connectivity index (χ3n) is 3.24. The Balaban J connectivity index is 1.89. The number of rotatable bonds is 8. The minimum atomic E-state index is 0.196. The van der Waals surface area contributed by atoms with Crippen LogP contribution in [-0.2, 0) is 4.79 Å². The molecule has 3 heteroatoms. The van der Waals surface area contributed by atoms with E-state index in [1.807, 2.05) is 0 Å². The van der Waals surface area contributed by atoms with Gasteiger partial charge in [0.2, 0.25) is 5.91 Å². The first-order valence-electron chi connectivity index (χ1n) is 6.83. The van der Waals surface area contributed by atoms with Crippen LogP contribution in [0, 0.1) is 0 Å². The topological polar surface area (TPSA) is 41.1 Å². The van der Waals surface area contributed by atoms with E-state index in [0.717, 1.165) is 19.5 Å². The summed E-state index contributed by atoms with van der Waals surface area (Å²) in [6.45, 7) is 3.85. The standard InChI is InChI=1S/C13H26N2O/c1-2-3-6-10-15-13(16)9-11-14-12-7-4-5-8-12/h12,14H,2-11H2,1H3,(H,15,16). The number of carbonyl (C=O) groups excluding carboxylic acids is 1. The molecule has 0 aliphatic heterocycles. The van der Waals surface area contributed by atoms with Crippen LogP contribution in [0.4, 0.5) is 0 Å². The van der Waals surface area contributed by atoms with Crippen LogP contribution in [0.1, 0.15) is 58.3 Å². The molecule has 0 atom stereocenters. The molecule has 1 rings (SSSR count). The molecule has 1 fully saturated rings. The number of amides is 1. The van der Waals surface area contributed by atoms with Crippen LogP contribution in [0.2, 0.25) is 0 Å². The normalized spacial score (nSPS) is 16.6. The predicted octanol–water partition coefficient (Wildman–Crippen LogP) is 2.22. The first-order chi connectivity index (χ1) is 7.83. The summed E-state index contributed by atoms with van der Waals surface area (Å²) in [5, 5.41) is 6.42. The van der Waals surface area contributed by atoms with Crippen LogP contribution in [0.5, 0.6) is 0 Å². The van der Waals surface area contributed by atoms with E-state index < -0.39 is 0 Å². The van der Waals surface area contributed by atoms with Gasteiger partial charge in [-0.3, -0.25) is 4.79 Å². The highest BCUT2D eigenvalue weighted by Crippen LogP contribution is 2.17. The number of hydrogen-bond acceptors (Lipinski definition) is 2. The fourth-order valence-corrected chi connectivity index (χ4v) is 2.21. The SMILES string of the molecule is CCCCCNC(=O)CCNC1CCCC1. The van der Waals surface area contributed by atoms with Gasteiger partial charge in [0, 0.05) is 25.6 Å². The second-order valence-electron chi connectivity index (χ2n) is 4.74. The summed E-state index contributed by atoms with van der Waals surface area (Å²) < 4.78 is 0. The van der Waals surface area contributed by atoms with Gasteiger partial charge in [0.15, 0.2) is 0 Å². The first-order valence-corrected chi connectivity index (χ1v) is 6.83. The fraction of sp³-hybridized carbons (Fsp3) is 0.923. The van der Waals surface area contributed by atoms with Gasteiger partial charge in [-0.05, 0) is 19.3 Å². The molecule has 1 saturated carbocycles. The maximum Gasteiger partial charge on any atom is 0.221 e. The molecule has 0 aromatic carbocycles. The Morgan fingerprint density at radius 2 is 1.94 bits per heavy atom. The molecule has 2 N–H and O–H groups in total. The average molecular weight is 226 g/mol. The summed E-state index contributed by atoms with van der Waals surface area (Å²) in [5.74, 6) is 0.196. The van der Waals surface area contributed by atoms with E-state index in [0.29, 0.717) is 12.5 Å². The lowest BCUT2D eigenvalue weighted by atomic mass is 10.2. The van der Waals surface area contributed by atoms with Crippen molar-refractivity contribution in [3.63, 3.8) is 0 Å². The van der Waals surface area contributed by atoms with Crippen molar-refractivity contribution in [1.29, 1.82) is 0 Å². The van der Waals surface area contributed by atoms with E-state index in [9.17, 15) is 4.79 Å². The van der Waals surface area contributed by atoms with E-state index in [2.05, 4.69) is 17.6 Å². The molecular weight excluding hydrogens is 200 g/mol. The van der Waals surface area contributed by atoms with Gasteiger partial charge in [0.05, 0.1) is 0 Å². The van der Waals surface area contributed by atoms with Gasteiger partial charge >= 0.3 is 0 Å². The summed E-state index contributed by atoms with van der Waals surface area (Å²) in [7, 11) is 0. The zero-order valence-electron chi connectivity index (χ0n) is 10.6. The van der Waals surface area contributed by atoms with Gasteiger partial charge in [-0.15, -0.1) is 0 Å². The first kappa shape index (κ1) is 13.5. The van der Waals surface area contributed by atoms with Crippen LogP contribution in [0.25, 0.3) is 0 Å². The summed E-state index contributed by atoms with van der Waals surface area (Å²) >= 11 is 0. The summed E-state index contributed by atoms with van der Waals surface area (Å²) in [6, 6.07) is 0.674. The zero-order chi connectivity index (χ0) is 11.6. The van der Waals surface area contributed by atoms with Crippen molar-refractivity contribution in [2.24, 2.45) is 0 Å². The Kier molecular flexibility index (Phi) is 7.23. The van der Waals surface area contributed by atoms with Gasteiger partial charge in [0.1, 0.15) is 0 Å². The Hall–Kier alpha value is -0.570. The van der Waals surface area contributed by atoms with Crippen molar-refractivity contribution >= 4 is 5.91 Å². The van der Waals surface area contributed by atoms with Gasteiger partial charge in [0.25, 0.3) is 0 Å². The molecular formula is C13H26N2O. The molecule has 0 bridgehead atoms. The maximum absolute atomic E-state index is 11.4. The average Bonchev–Trinajstić information content (AvgIpc) is 2.77. The predicted molar refractivity (Wildman–Crippen MR) is 67.4 cm³/mol. The smallest absolute Gasteiger partial charge is 0.221 e. The maximum atomic E-state index is 11.4. The minimum absolute atomic E-state index is 0.196. The van der Waals surface area contributed by atoms with Crippen LogP contribution >= 0.6 is 0 Å². The quantitative estimate of drug-likeness (QED) is 0.623. The molecule has 0 aromatic heterocycles. The highest BCUT2D eigenvalue weighted by Gasteiger charge is 2.13. The minimum Gasteiger partial charge on any atom is -0.356 e. The van der Waals surface area contributed by atoms with Crippen molar-refractivity contribution < 1.29 is 4.79 Å². The molecule has 0 radical (unpaired) electrons. The van der Waals surface area contributed by atoms with Crippen molar-refractivity contribution in [3.8, 4) is 0 Å².